The van der Waals surface area contributed by atoms with Crippen LogP contribution in [-0.4, -0.2) is 63.6 Å². The van der Waals surface area contributed by atoms with Gasteiger partial charge in [0.1, 0.15) is 5.75 Å². The molecule has 7 nitrogen and oxygen atoms in total. The van der Waals surface area contributed by atoms with Gasteiger partial charge < -0.3 is 14.4 Å². The number of halogens is 1. The van der Waals surface area contributed by atoms with Gasteiger partial charge in [0.15, 0.2) is 0 Å². The van der Waals surface area contributed by atoms with Crippen molar-refractivity contribution in [2.24, 2.45) is 0 Å². The van der Waals surface area contributed by atoms with E-state index in [0.717, 1.165) is 0 Å². The number of amides is 1. The lowest BCUT2D eigenvalue weighted by Gasteiger charge is -2.33. The number of methoxy groups -OCH3 is 1. The molecule has 1 aromatic rings. The van der Waals surface area contributed by atoms with Crippen molar-refractivity contribution in [1.82, 2.24) is 9.21 Å². The van der Waals surface area contributed by atoms with Crippen molar-refractivity contribution in [2.75, 3.05) is 39.9 Å². The number of rotatable bonds is 4. The number of ether oxygens (including phenoxy) is 2. The third-order valence-corrected chi connectivity index (χ3v) is 5.73. The fraction of sp³-hybridized carbons (Fsp3) is 0.500. The topological polar surface area (TPSA) is 76.2 Å². The zero-order valence-corrected chi connectivity index (χ0v) is 14.6. The maximum absolute atomic E-state index is 12.7. The molecule has 0 aromatic heterocycles. The number of piperazine rings is 1. The van der Waals surface area contributed by atoms with Gasteiger partial charge in [-0.3, -0.25) is 0 Å². The third-order valence-electron chi connectivity index (χ3n) is 3.53. The number of carbonyl (C=O) groups is 1. The van der Waals surface area contributed by atoms with Crippen molar-refractivity contribution in [1.29, 1.82) is 0 Å². The van der Waals surface area contributed by atoms with Gasteiger partial charge >= 0.3 is 6.09 Å². The van der Waals surface area contributed by atoms with Gasteiger partial charge in [0, 0.05) is 32.2 Å². The fourth-order valence-corrected chi connectivity index (χ4v) is 3.91. The van der Waals surface area contributed by atoms with Gasteiger partial charge in [-0.2, -0.15) is 4.31 Å². The van der Waals surface area contributed by atoms with E-state index >= 15 is 0 Å². The van der Waals surface area contributed by atoms with E-state index in [4.69, 9.17) is 21.1 Å². The Bertz CT molecular complexity index is 672. The van der Waals surface area contributed by atoms with Gasteiger partial charge in [-0.25, -0.2) is 13.2 Å². The molecule has 128 valence electrons. The minimum atomic E-state index is -3.66. The van der Waals surface area contributed by atoms with Gasteiger partial charge in [-0.05, 0) is 19.1 Å². The van der Waals surface area contributed by atoms with Gasteiger partial charge in [-0.15, -0.1) is 0 Å². The monoisotopic (exact) mass is 362 g/mol. The number of nitrogens with zero attached hydrogens (tertiary/aromatic N) is 2. The predicted octanol–water partition coefficient (Wildman–Crippen LogP) is 1.81. The summed E-state index contributed by atoms with van der Waals surface area (Å²) in [5.74, 6) is 0.304. The van der Waals surface area contributed by atoms with E-state index in [-0.39, 0.29) is 18.0 Å². The Morgan fingerprint density at radius 3 is 2.48 bits per heavy atom. The third kappa shape index (κ3) is 3.88. The standard InChI is InChI=1S/C14H19ClN2O5S/c1-3-22-14(18)16-6-8-17(9-7-16)23(19,20)11-4-5-12(15)13(10-11)21-2/h4-5,10H,3,6-9H2,1-2H3. The van der Waals surface area contributed by atoms with E-state index in [1.165, 1.54) is 34.5 Å². The van der Waals surface area contributed by atoms with Crippen LogP contribution < -0.4 is 4.74 Å². The lowest BCUT2D eigenvalue weighted by Crippen LogP contribution is -2.50. The molecule has 0 unspecified atom stereocenters. The number of carbonyl (C=O) groups excluding carboxylic acids is 1. The highest BCUT2D eigenvalue weighted by Crippen LogP contribution is 2.28. The summed E-state index contributed by atoms with van der Waals surface area (Å²) in [6, 6.07) is 4.33. The molecule has 1 amide bonds. The molecule has 1 aliphatic heterocycles. The first-order valence-corrected chi connectivity index (χ1v) is 8.97. The molecule has 1 aromatic carbocycles. The number of hydrogen-bond donors (Lipinski definition) is 0. The molecule has 1 heterocycles. The van der Waals surface area contributed by atoms with Crippen LogP contribution in [0.4, 0.5) is 4.79 Å². The van der Waals surface area contributed by atoms with Gasteiger partial charge in [0.25, 0.3) is 0 Å². The highest BCUT2D eigenvalue weighted by atomic mass is 35.5. The molecule has 0 spiro atoms. The van der Waals surface area contributed by atoms with Crippen LogP contribution in [-0.2, 0) is 14.8 Å². The van der Waals surface area contributed by atoms with Gasteiger partial charge in [0.05, 0.1) is 23.6 Å². The molecule has 0 aliphatic carbocycles. The highest BCUT2D eigenvalue weighted by Gasteiger charge is 2.31. The molecule has 0 radical (unpaired) electrons. The Kier molecular flexibility index (Phi) is 5.72. The average molecular weight is 363 g/mol. The first-order valence-electron chi connectivity index (χ1n) is 7.15. The summed E-state index contributed by atoms with van der Waals surface area (Å²) >= 11 is 5.92. The molecule has 0 saturated carbocycles. The summed E-state index contributed by atoms with van der Waals surface area (Å²) in [5.41, 5.74) is 0. The van der Waals surface area contributed by atoms with Crippen LogP contribution in [0, 0.1) is 0 Å². The van der Waals surface area contributed by atoms with Crippen molar-refractivity contribution in [3.8, 4) is 5.75 Å². The van der Waals surface area contributed by atoms with E-state index < -0.39 is 16.1 Å². The Morgan fingerprint density at radius 2 is 1.91 bits per heavy atom. The molecule has 0 N–H and O–H groups in total. The maximum atomic E-state index is 12.7. The van der Waals surface area contributed by atoms with Crippen LogP contribution >= 0.6 is 11.6 Å². The van der Waals surface area contributed by atoms with E-state index in [1.807, 2.05) is 0 Å². The molecule has 9 heteroatoms. The van der Waals surface area contributed by atoms with Gasteiger partial charge in [0.2, 0.25) is 10.0 Å². The van der Waals surface area contributed by atoms with Crippen LogP contribution in [0.15, 0.2) is 23.1 Å². The maximum Gasteiger partial charge on any atom is 0.409 e. The Balaban J connectivity index is 2.11. The first kappa shape index (κ1) is 17.8. The molecule has 1 aliphatic rings. The van der Waals surface area contributed by atoms with Crippen LogP contribution in [0.5, 0.6) is 5.75 Å². The van der Waals surface area contributed by atoms with Crippen LogP contribution in [0.2, 0.25) is 5.02 Å². The molecule has 1 saturated heterocycles. The Morgan fingerprint density at radius 1 is 1.26 bits per heavy atom. The number of benzene rings is 1. The van der Waals surface area contributed by atoms with Crippen molar-refractivity contribution in [3.63, 3.8) is 0 Å². The Labute approximate surface area is 140 Å². The molecule has 0 bridgehead atoms. The fourth-order valence-electron chi connectivity index (χ4n) is 2.28. The summed E-state index contributed by atoms with van der Waals surface area (Å²) in [6.45, 7) is 3.04. The first-order chi connectivity index (χ1) is 10.9. The summed E-state index contributed by atoms with van der Waals surface area (Å²) < 4.78 is 36.6. The molecular formula is C14H19ClN2O5S. The zero-order chi connectivity index (χ0) is 17.0. The van der Waals surface area contributed by atoms with Crippen molar-refractivity contribution >= 4 is 27.7 Å². The summed E-state index contributed by atoms with van der Waals surface area (Å²) in [4.78, 5) is 13.3. The second-order valence-electron chi connectivity index (χ2n) is 4.89. The zero-order valence-electron chi connectivity index (χ0n) is 13.0. The van der Waals surface area contributed by atoms with Gasteiger partial charge in [-0.1, -0.05) is 11.6 Å². The smallest absolute Gasteiger partial charge is 0.409 e. The number of sulfonamides is 1. The largest absolute Gasteiger partial charge is 0.495 e. The number of hydrogen-bond acceptors (Lipinski definition) is 5. The van der Waals surface area contributed by atoms with Crippen molar-refractivity contribution < 1.29 is 22.7 Å². The van der Waals surface area contributed by atoms with Crippen LogP contribution in [0.25, 0.3) is 0 Å². The second-order valence-corrected chi connectivity index (χ2v) is 7.23. The summed E-state index contributed by atoms with van der Waals surface area (Å²) in [5, 5.41) is 0.346. The lowest BCUT2D eigenvalue weighted by molar-refractivity contribution is 0.0934. The van der Waals surface area contributed by atoms with Crippen molar-refractivity contribution in [2.45, 2.75) is 11.8 Å². The van der Waals surface area contributed by atoms with E-state index in [2.05, 4.69) is 0 Å². The molecular weight excluding hydrogens is 344 g/mol. The second kappa shape index (κ2) is 7.37. The van der Waals surface area contributed by atoms with E-state index in [0.29, 0.717) is 30.5 Å². The quantitative estimate of drug-likeness (QED) is 0.816. The summed E-state index contributed by atoms with van der Waals surface area (Å²) in [6.07, 6.45) is -0.419. The Hall–Kier alpha value is -1.51. The molecule has 2 rings (SSSR count). The summed E-state index contributed by atoms with van der Waals surface area (Å²) in [7, 11) is -2.23. The minimum absolute atomic E-state index is 0.114. The van der Waals surface area contributed by atoms with Crippen LogP contribution in [0.1, 0.15) is 6.92 Å². The van der Waals surface area contributed by atoms with E-state index in [1.54, 1.807) is 6.92 Å². The SMILES string of the molecule is CCOC(=O)N1CCN(S(=O)(=O)c2ccc(Cl)c(OC)c2)CC1. The average Bonchev–Trinajstić information content (AvgIpc) is 2.55. The minimum Gasteiger partial charge on any atom is -0.495 e. The molecule has 1 fully saturated rings. The van der Waals surface area contributed by atoms with E-state index in [9.17, 15) is 13.2 Å². The molecule has 0 atom stereocenters. The lowest BCUT2D eigenvalue weighted by atomic mass is 10.3. The normalized spacial score (nSPS) is 16.2. The van der Waals surface area contributed by atoms with Crippen LogP contribution in [0.3, 0.4) is 0 Å². The predicted molar refractivity (Wildman–Crippen MR) is 85.4 cm³/mol. The highest BCUT2D eigenvalue weighted by molar-refractivity contribution is 7.89. The van der Waals surface area contributed by atoms with Crippen molar-refractivity contribution in [3.05, 3.63) is 23.2 Å². The molecule has 23 heavy (non-hydrogen) atoms.